The lowest BCUT2D eigenvalue weighted by molar-refractivity contribution is -0.120. The Morgan fingerprint density at radius 2 is 2.15 bits per heavy atom. The van der Waals surface area contributed by atoms with Crippen LogP contribution in [0.25, 0.3) is 0 Å². The second-order valence-electron chi connectivity index (χ2n) is 5.85. The van der Waals surface area contributed by atoms with Crippen molar-refractivity contribution in [3.63, 3.8) is 0 Å². The largest absolute Gasteiger partial charge is 0.535 e. The van der Waals surface area contributed by atoms with Crippen LogP contribution >= 0.6 is 11.3 Å². The summed E-state index contributed by atoms with van der Waals surface area (Å²) in [5.41, 5.74) is 6.16. The number of nitrogens with zero attached hydrogens (tertiary/aromatic N) is 2. The zero-order valence-electron chi connectivity index (χ0n) is 13.7. The molecule has 0 fully saturated rings. The maximum Gasteiger partial charge on any atom is 0.528 e. The topological polar surface area (TPSA) is 148 Å². The van der Waals surface area contributed by atoms with Crippen LogP contribution in [0.4, 0.5) is 0 Å². The molecule has 1 aliphatic rings. The van der Waals surface area contributed by atoms with Gasteiger partial charge in [-0.05, 0) is 18.1 Å². The molecule has 0 spiro atoms. The molecular weight excluding hydrogens is 359 g/mol. The molecular formula is C15H17BN4O5S. The minimum absolute atomic E-state index is 0.0102. The number of hydrogen-bond donors (Lipinski definition) is 4. The number of rotatable bonds is 6. The molecule has 3 rings (SSSR count). The first-order valence-electron chi connectivity index (χ1n) is 7.96. The number of para-hydroxylation sites is 1. The van der Waals surface area contributed by atoms with E-state index in [9.17, 15) is 19.7 Å². The van der Waals surface area contributed by atoms with Crippen LogP contribution in [0.2, 0.25) is 5.82 Å². The molecule has 0 saturated carbocycles. The third-order valence-corrected chi connectivity index (χ3v) is 4.95. The number of carbonyl (C=O) groups excluding carboxylic acids is 1. The summed E-state index contributed by atoms with van der Waals surface area (Å²) in [5.74, 6) is -1.57. The van der Waals surface area contributed by atoms with Crippen molar-refractivity contribution in [3.05, 3.63) is 39.3 Å². The van der Waals surface area contributed by atoms with Crippen molar-refractivity contribution < 1.29 is 24.4 Å². The zero-order valence-corrected chi connectivity index (χ0v) is 14.5. The number of aromatic nitrogens is 2. The number of carbonyl (C=O) groups is 2. The maximum atomic E-state index is 12.0. The van der Waals surface area contributed by atoms with E-state index >= 15 is 0 Å². The van der Waals surface area contributed by atoms with Crippen LogP contribution in [-0.2, 0) is 24.2 Å². The molecule has 11 heteroatoms. The SMILES string of the molecule is NCc1nnc(CC(=O)NCC2Cc3cccc(C(=O)O)c3OB2O)s1. The van der Waals surface area contributed by atoms with Gasteiger partial charge < -0.3 is 25.8 Å². The normalized spacial score (nSPS) is 15.9. The number of aromatic carboxylic acids is 1. The van der Waals surface area contributed by atoms with E-state index in [4.69, 9.17) is 10.4 Å². The number of hydrogen-bond acceptors (Lipinski definition) is 8. The Hall–Kier alpha value is -2.50. The average molecular weight is 376 g/mol. The van der Waals surface area contributed by atoms with Crippen molar-refractivity contribution in [1.29, 1.82) is 0 Å². The van der Waals surface area contributed by atoms with Gasteiger partial charge in [-0.25, -0.2) is 4.79 Å². The van der Waals surface area contributed by atoms with Gasteiger partial charge in [0.25, 0.3) is 0 Å². The van der Waals surface area contributed by atoms with E-state index in [1.54, 1.807) is 12.1 Å². The van der Waals surface area contributed by atoms with E-state index < -0.39 is 13.1 Å². The standard InChI is InChI=1S/C15H17BN4O5S/c17-6-13-20-19-12(26-13)5-11(21)18-7-9-4-8-2-1-3-10(15(22)23)14(8)25-16(9)24/h1-3,9,24H,4-7,17H2,(H,18,21)(H,22,23). The Bertz CT molecular complexity index is 830. The highest BCUT2D eigenvalue weighted by Gasteiger charge is 2.36. The third-order valence-electron chi connectivity index (χ3n) is 4.01. The van der Waals surface area contributed by atoms with E-state index in [1.165, 1.54) is 17.4 Å². The lowest BCUT2D eigenvalue weighted by atomic mass is 9.66. The first kappa shape index (κ1) is 18.3. The molecule has 1 aromatic carbocycles. The minimum Gasteiger partial charge on any atom is -0.535 e. The van der Waals surface area contributed by atoms with Crippen molar-refractivity contribution in [1.82, 2.24) is 15.5 Å². The number of nitrogens with two attached hydrogens (primary N) is 1. The lowest BCUT2D eigenvalue weighted by Crippen LogP contribution is -2.41. The van der Waals surface area contributed by atoms with E-state index in [2.05, 4.69) is 15.5 Å². The molecule has 9 nitrogen and oxygen atoms in total. The number of carboxylic acid groups (broad SMARTS) is 1. The lowest BCUT2D eigenvalue weighted by Gasteiger charge is -2.28. The molecule has 1 aromatic heterocycles. The Kier molecular flexibility index (Phi) is 5.50. The molecule has 1 atom stereocenters. The van der Waals surface area contributed by atoms with E-state index in [1.807, 2.05) is 0 Å². The van der Waals surface area contributed by atoms with E-state index in [0.29, 0.717) is 22.0 Å². The van der Waals surface area contributed by atoms with Crippen LogP contribution in [0, 0.1) is 0 Å². The number of fused-ring (bicyclic) bond motifs is 1. The van der Waals surface area contributed by atoms with Crippen molar-refractivity contribution >= 4 is 30.3 Å². The Labute approximate surface area is 153 Å². The van der Waals surface area contributed by atoms with Gasteiger partial charge in [-0.3, -0.25) is 4.79 Å². The molecule has 0 radical (unpaired) electrons. The van der Waals surface area contributed by atoms with Crippen molar-refractivity contribution in [3.8, 4) is 5.75 Å². The molecule has 2 heterocycles. The molecule has 0 saturated heterocycles. The van der Waals surface area contributed by atoms with Crippen LogP contribution in [-0.4, -0.2) is 45.9 Å². The van der Waals surface area contributed by atoms with Crippen LogP contribution in [0.3, 0.4) is 0 Å². The molecule has 1 aliphatic heterocycles. The van der Waals surface area contributed by atoms with Gasteiger partial charge in [0.15, 0.2) is 0 Å². The number of nitrogens with one attached hydrogen (secondary N) is 1. The molecule has 136 valence electrons. The Morgan fingerprint density at radius 1 is 1.38 bits per heavy atom. The first-order chi connectivity index (χ1) is 12.5. The van der Waals surface area contributed by atoms with Crippen LogP contribution in [0.15, 0.2) is 18.2 Å². The summed E-state index contributed by atoms with van der Waals surface area (Å²) in [7, 11) is -1.20. The maximum absolute atomic E-state index is 12.0. The summed E-state index contributed by atoms with van der Waals surface area (Å²) in [4.78, 5) is 23.3. The predicted octanol–water partition coefficient (Wildman–Crippen LogP) is -0.160. The van der Waals surface area contributed by atoms with Crippen molar-refractivity contribution in [2.24, 2.45) is 5.73 Å². The van der Waals surface area contributed by atoms with Gasteiger partial charge in [0, 0.05) is 18.9 Å². The van der Waals surface area contributed by atoms with Crippen molar-refractivity contribution in [2.45, 2.75) is 25.2 Å². The van der Waals surface area contributed by atoms with Gasteiger partial charge in [-0.1, -0.05) is 23.5 Å². The summed E-state index contributed by atoms with van der Waals surface area (Å²) < 4.78 is 5.39. The Morgan fingerprint density at radius 3 is 2.85 bits per heavy atom. The van der Waals surface area contributed by atoms with E-state index in [0.717, 1.165) is 0 Å². The fraction of sp³-hybridized carbons (Fsp3) is 0.333. The number of benzene rings is 1. The molecule has 26 heavy (non-hydrogen) atoms. The monoisotopic (exact) mass is 376 g/mol. The van der Waals surface area contributed by atoms with Gasteiger partial charge in [0.1, 0.15) is 15.8 Å². The zero-order chi connectivity index (χ0) is 18.7. The van der Waals surface area contributed by atoms with Crippen molar-refractivity contribution in [2.75, 3.05) is 6.54 Å². The minimum atomic E-state index is -1.20. The highest BCUT2D eigenvalue weighted by Crippen LogP contribution is 2.34. The van der Waals surface area contributed by atoms with Crippen LogP contribution in [0.5, 0.6) is 5.75 Å². The number of amides is 1. The second kappa shape index (κ2) is 7.81. The summed E-state index contributed by atoms with van der Waals surface area (Å²) in [6.07, 6.45) is 0.481. The quantitative estimate of drug-likeness (QED) is 0.509. The molecule has 1 amide bonds. The third kappa shape index (κ3) is 4.01. The smallest absolute Gasteiger partial charge is 0.528 e. The summed E-state index contributed by atoms with van der Waals surface area (Å²) in [5, 5.41) is 31.1. The van der Waals surface area contributed by atoms with Crippen LogP contribution < -0.4 is 15.7 Å². The summed E-state index contributed by atoms with van der Waals surface area (Å²) in [6.45, 7) is 0.474. The predicted molar refractivity (Wildman–Crippen MR) is 94.0 cm³/mol. The second-order valence-corrected chi connectivity index (χ2v) is 6.99. The average Bonchev–Trinajstić information content (AvgIpc) is 3.06. The highest BCUT2D eigenvalue weighted by molar-refractivity contribution is 7.11. The first-order valence-corrected chi connectivity index (χ1v) is 8.77. The molecule has 0 bridgehead atoms. The summed E-state index contributed by atoms with van der Waals surface area (Å²) >= 11 is 1.28. The van der Waals surface area contributed by atoms with Gasteiger partial charge in [-0.15, -0.1) is 10.2 Å². The molecule has 0 aliphatic carbocycles. The molecule has 5 N–H and O–H groups in total. The summed E-state index contributed by atoms with van der Waals surface area (Å²) in [6, 6.07) is 4.80. The van der Waals surface area contributed by atoms with Gasteiger partial charge >= 0.3 is 13.1 Å². The number of carboxylic acids is 1. The van der Waals surface area contributed by atoms with E-state index in [-0.39, 0.29) is 42.5 Å². The van der Waals surface area contributed by atoms with Gasteiger partial charge in [0.2, 0.25) is 5.91 Å². The Balaban J connectivity index is 1.59. The molecule has 1 unspecified atom stereocenters. The van der Waals surface area contributed by atoms with Crippen LogP contribution in [0.1, 0.15) is 25.9 Å². The van der Waals surface area contributed by atoms with Gasteiger partial charge in [-0.2, -0.15) is 0 Å². The molecule has 2 aromatic rings. The van der Waals surface area contributed by atoms with Gasteiger partial charge in [0.05, 0.1) is 12.0 Å². The fourth-order valence-electron chi connectivity index (χ4n) is 2.71. The highest BCUT2D eigenvalue weighted by atomic mass is 32.1. The fourth-order valence-corrected chi connectivity index (χ4v) is 3.44.